The molecule has 1 saturated heterocycles. The van der Waals surface area contributed by atoms with Gasteiger partial charge in [0.2, 0.25) is 16.0 Å². The number of sulfonamides is 1. The number of ether oxygens (including phenoxy) is 1. The van der Waals surface area contributed by atoms with Crippen LogP contribution in [0.2, 0.25) is 0 Å². The van der Waals surface area contributed by atoms with Crippen LogP contribution in [0.1, 0.15) is 16.1 Å². The molecule has 3 heterocycles. The van der Waals surface area contributed by atoms with E-state index in [2.05, 4.69) is 20.3 Å². The highest BCUT2D eigenvalue weighted by Gasteiger charge is 2.27. The third kappa shape index (κ3) is 5.32. The molecule has 1 N–H and O–H groups in total. The lowest BCUT2D eigenvalue weighted by molar-refractivity contribution is 0.0697. The molecule has 0 unspecified atom stereocenters. The van der Waals surface area contributed by atoms with Crippen molar-refractivity contribution in [3.8, 4) is 16.9 Å². The predicted octanol–water partition coefficient (Wildman–Crippen LogP) is 2.32. The van der Waals surface area contributed by atoms with Crippen molar-refractivity contribution < 1.29 is 17.9 Å². The lowest BCUT2D eigenvalue weighted by atomic mass is 10.1. The fourth-order valence-electron chi connectivity index (χ4n) is 3.67. The molecule has 3 aromatic rings. The van der Waals surface area contributed by atoms with Gasteiger partial charge in [-0.25, -0.2) is 18.4 Å². The lowest BCUT2D eigenvalue weighted by Gasteiger charge is -2.33. The van der Waals surface area contributed by atoms with Crippen LogP contribution in [-0.4, -0.2) is 78.0 Å². The first-order valence-corrected chi connectivity index (χ1v) is 12.5. The Kier molecular flexibility index (Phi) is 6.75. The van der Waals surface area contributed by atoms with Gasteiger partial charge in [0.05, 0.1) is 36.5 Å². The number of benzene rings is 1. The van der Waals surface area contributed by atoms with Crippen molar-refractivity contribution in [2.45, 2.75) is 6.92 Å². The number of nitrogens with one attached hydrogen (secondary N) is 1. The van der Waals surface area contributed by atoms with Crippen molar-refractivity contribution in [3.05, 3.63) is 60.2 Å². The first kappa shape index (κ1) is 23.6. The van der Waals surface area contributed by atoms with E-state index in [1.807, 2.05) is 24.3 Å². The van der Waals surface area contributed by atoms with Crippen LogP contribution in [0.5, 0.6) is 5.75 Å². The predicted molar refractivity (Wildman–Crippen MR) is 129 cm³/mol. The van der Waals surface area contributed by atoms with Gasteiger partial charge in [-0.3, -0.25) is 9.78 Å². The van der Waals surface area contributed by atoms with Gasteiger partial charge < -0.3 is 15.0 Å². The number of aromatic nitrogens is 3. The van der Waals surface area contributed by atoms with Crippen molar-refractivity contribution >= 4 is 27.6 Å². The lowest BCUT2D eigenvalue weighted by Crippen LogP contribution is -2.50. The molecule has 0 aliphatic carbocycles. The maximum Gasteiger partial charge on any atom is 0.255 e. The average molecular weight is 483 g/mol. The van der Waals surface area contributed by atoms with Crippen molar-refractivity contribution in [1.29, 1.82) is 0 Å². The molecule has 1 aromatic carbocycles. The van der Waals surface area contributed by atoms with Crippen molar-refractivity contribution in [2.75, 3.05) is 44.9 Å². The van der Waals surface area contributed by atoms with E-state index >= 15 is 0 Å². The number of aryl methyl sites for hydroxylation is 1. The van der Waals surface area contributed by atoms with Gasteiger partial charge in [-0.1, -0.05) is 12.1 Å². The highest BCUT2D eigenvalue weighted by molar-refractivity contribution is 7.88. The van der Waals surface area contributed by atoms with E-state index in [1.54, 1.807) is 43.6 Å². The monoisotopic (exact) mass is 482 g/mol. The van der Waals surface area contributed by atoms with Gasteiger partial charge in [-0.15, -0.1) is 0 Å². The van der Waals surface area contributed by atoms with E-state index in [-0.39, 0.29) is 19.0 Å². The van der Waals surface area contributed by atoms with E-state index < -0.39 is 10.0 Å². The Hall–Kier alpha value is -3.57. The minimum Gasteiger partial charge on any atom is -0.497 e. The van der Waals surface area contributed by atoms with Gasteiger partial charge in [0.1, 0.15) is 5.75 Å². The Morgan fingerprint density at radius 3 is 2.21 bits per heavy atom. The van der Waals surface area contributed by atoms with E-state index in [9.17, 15) is 13.2 Å². The average Bonchev–Trinajstić information content (AvgIpc) is 2.85. The van der Waals surface area contributed by atoms with Crippen LogP contribution in [0.15, 0.2) is 48.9 Å². The zero-order valence-electron chi connectivity index (χ0n) is 19.2. The van der Waals surface area contributed by atoms with Crippen LogP contribution in [0, 0.1) is 6.92 Å². The molecule has 4 rings (SSSR count). The largest absolute Gasteiger partial charge is 0.497 e. The van der Waals surface area contributed by atoms with Gasteiger partial charge in [0.15, 0.2) is 0 Å². The topological polar surface area (TPSA) is 118 Å². The molecule has 1 aliphatic rings. The van der Waals surface area contributed by atoms with E-state index in [4.69, 9.17) is 4.74 Å². The number of anilines is 2. The molecule has 1 amide bonds. The Morgan fingerprint density at radius 2 is 1.62 bits per heavy atom. The number of nitrogens with zero attached hydrogens (tertiary/aromatic N) is 5. The molecule has 2 aromatic heterocycles. The SMILES string of the molecule is COc1ccc(-c2cnc(Nc3cnc(C)c(C(=O)N4CCN(S(C)(=O)=O)CC4)c3)nc2)cc1. The standard InChI is InChI=1S/C23H26N6O4S/c1-16-21(22(30)28-8-10-29(11-9-28)34(3,31)32)12-19(15-24-16)27-23-25-13-18(14-26-23)17-4-6-20(33-2)7-5-17/h4-7,12-15H,8-11H2,1-3H3,(H,25,26,27). The fourth-order valence-corrected chi connectivity index (χ4v) is 4.49. The molecule has 0 radical (unpaired) electrons. The zero-order chi connectivity index (χ0) is 24.3. The summed E-state index contributed by atoms with van der Waals surface area (Å²) >= 11 is 0. The second-order valence-corrected chi connectivity index (χ2v) is 9.94. The van der Waals surface area contributed by atoms with Crippen LogP contribution in [0.3, 0.4) is 0 Å². The van der Waals surface area contributed by atoms with E-state index in [0.29, 0.717) is 36.0 Å². The number of pyridine rings is 1. The first-order valence-electron chi connectivity index (χ1n) is 10.7. The molecule has 1 fully saturated rings. The summed E-state index contributed by atoms with van der Waals surface area (Å²) in [7, 11) is -1.64. The number of carbonyl (C=O) groups excluding carboxylic acids is 1. The number of rotatable bonds is 6. The summed E-state index contributed by atoms with van der Waals surface area (Å²) in [6.45, 7) is 2.99. The summed E-state index contributed by atoms with van der Waals surface area (Å²) < 4.78 is 30.0. The summed E-state index contributed by atoms with van der Waals surface area (Å²) in [5, 5.41) is 3.09. The highest BCUT2D eigenvalue weighted by atomic mass is 32.2. The van der Waals surface area contributed by atoms with Gasteiger partial charge in [0.25, 0.3) is 5.91 Å². The molecule has 0 saturated carbocycles. The van der Waals surface area contributed by atoms with Gasteiger partial charge >= 0.3 is 0 Å². The quantitative estimate of drug-likeness (QED) is 0.569. The molecule has 0 bridgehead atoms. The third-order valence-corrected chi connectivity index (χ3v) is 6.95. The van der Waals surface area contributed by atoms with Crippen LogP contribution in [-0.2, 0) is 10.0 Å². The van der Waals surface area contributed by atoms with E-state index in [0.717, 1.165) is 16.9 Å². The maximum atomic E-state index is 13.1. The number of amides is 1. The van der Waals surface area contributed by atoms with Crippen molar-refractivity contribution in [1.82, 2.24) is 24.2 Å². The summed E-state index contributed by atoms with van der Waals surface area (Å²) in [5.41, 5.74) is 3.46. The molecular weight excluding hydrogens is 456 g/mol. The molecule has 11 heteroatoms. The van der Waals surface area contributed by atoms with E-state index in [1.165, 1.54) is 10.6 Å². The number of hydrogen-bond acceptors (Lipinski definition) is 8. The van der Waals surface area contributed by atoms with Crippen LogP contribution in [0.4, 0.5) is 11.6 Å². The normalized spacial score (nSPS) is 14.6. The Bertz CT molecular complexity index is 1270. The third-order valence-electron chi connectivity index (χ3n) is 5.64. The molecule has 0 atom stereocenters. The Balaban J connectivity index is 1.45. The summed E-state index contributed by atoms with van der Waals surface area (Å²) in [4.78, 5) is 27.8. The maximum absolute atomic E-state index is 13.1. The molecule has 1 aliphatic heterocycles. The number of hydrogen-bond donors (Lipinski definition) is 1. The summed E-state index contributed by atoms with van der Waals surface area (Å²) in [5.74, 6) is 0.970. The number of piperazine rings is 1. The zero-order valence-corrected chi connectivity index (χ0v) is 20.0. The molecule has 10 nitrogen and oxygen atoms in total. The van der Waals surface area contributed by atoms with Gasteiger partial charge in [-0.05, 0) is 30.7 Å². The van der Waals surface area contributed by atoms with Crippen LogP contribution < -0.4 is 10.1 Å². The van der Waals surface area contributed by atoms with Gasteiger partial charge in [-0.2, -0.15) is 4.31 Å². The smallest absolute Gasteiger partial charge is 0.255 e. The minimum absolute atomic E-state index is 0.183. The number of methoxy groups -OCH3 is 1. The van der Waals surface area contributed by atoms with Crippen LogP contribution >= 0.6 is 0 Å². The molecular formula is C23H26N6O4S. The van der Waals surface area contributed by atoms with Crippen LogP contribution in [0.25, 0.3) is 11.1 Å². The Labute approximate surface area is 198 Å². The summed E-state index contributed by atoms with van der Waals surface area (Å²) in [6, 6.07) is 9.33. The first-order chi connectivity index (χ1) is 16.2. The van der Waals surface area contributed by atoms with Crippen molar-refractivity contribution in [3.63, 3.8) is 0 Å². The summed E-state index contributed by atoms with van der Waals surface area (Å²) in [6.07, 6.45) is 6.23. The molecule has 0 spiro atoms. The second kappa shape index (κ2) is 9.74. The van der Waals surface area contributed by atoms with Gasteiger partial charge in [0, 0.05) is 44.1 Å². The fraction of sp³-hybridized carbons (Fsp3) is 0.304. The highest BCUT2D eigenvalue weighted by Crippen LogP contribution is 2.23. The second-order valence-electron chi connectivity index (χ2n) is 7.96. The Morgan fingerprint density at radius 1 is 0.971 bits per heavy atom. The minimum atomic E-state index is -3.26. The van der Waals surface area contributed by atoms with Crippen molar-refractivity contribution in [2.24, 2.45) is 0 Å². The molecule has 34 heavy (non-hydrogen) atoms. The molecule has 178 valence electrons. The number of carbonyl (C=O) groups is 1.